The Morgan fingerprint density at radius 1 is 0.700 bits per heavy atom. The molecule has 6 heteroatoms. The molecular weight excluding hydrogens is 419 g/mol. The maximum Gasteiger partial charge on any atom is 0.327 e. The highest BCUT2D eigenvalue weighted by molar-refractivity contribution is 5.85. The molecule has 3 aromatic carbocycles. The van der Waals surface area contributed by atoms with Crippen LogP contribution in [-0.2, 0) is 9.53 Å². The maximum atomic E-state index is 12.2. The number of hydrogen-bond acceptors (Lipinski definition) is 4. The monoisotopic (exact) mass is 446 g/mol. The molecule has 0 saturated heterocycles. The smallest absolute Gasteiger partial charge is 0.327 e. The normalized spacial score (nSPS) is 11.1. The predicted molar refractivity (Wildman–Crippen MR) is 126 cm³/mol. The van der Waals surface area contributed by atoms with Gasteiger partial charge in [0, 0.05) is 13.1 Å². The van der Waals surface area contributed by atoms with Gasteiger partial charge in [0.1, 0.15) is 6.04 Å². The summed E-state index contributed by atoms with van der Waals surface area (Å²) in [4.78, 5) is 12.2. The van der Waals surface area contributed by atoms with Gasteiger partial charge >= 0.3 is 5.97 Å². The Kier molecular flexibility index (Phi) is 11.8. The van der Waals surface area contributed by atoms with Crippen molar-refractivity contribution in [1.82, 2.24) is 10.6 Å². The first kappa shape index (κ1) is 25.7. The molecule has 2 N–H and O–H groups in total. The number of esters is 1. The first-order valence-electron chi connectivity index (χ1n) is 9.49. The number of methoxy groups -OCH3 is 1. The molecule has 0 bridgehead atoms. The van der Waals surface area contributed by atoms with E-state index in [-0.39, 0.29) is 36.8 Å². The molecule has 0 heterocycles. The quantitative estimate of drug-likeness (QED) is 0.369. The van der Waals surface area contributed by atoms with Crippen LogP contribution in [0.2, 0.25) is 0 Å². The van der Waals surface area contributed by atoms with Crippen LogP contribution in [0.1, 0.15) is 28.8 Å². The third-order valence-corrected chi connectivity index (χ3v) is 4.66. The van der Waals surface area contributed by atoms with Gasteiger partial charge in [0.2, 0.25) is 0 Å². The van der Waals surface area contributed by atoms with Crippen LogP contribution in [0.15, 0.2) is 91.0 Å². The van der Waals surface area contributed by atoms with E-state index in [1.807, 2.05) is 66.7 Å². The lowest BCUT2D eigenvalue weighted by Gasteiger charge is -2.21. The van der Waals surface area contributed by atoms with Crippen LogP contribution >= 0.6 is 24.8 Å². The second-order valence-corrected chi connectivity index (χ2v) is 6.53. The lowest BCUT2D eigenvalue weighted by molar-refractivity contribution is -0.143. The molecule has 1 unspecified atom stereocenters. The second-order valence-electron chi connectivity index (χ2n) is 6.53. The van der Waals surface area contributed by atoms with Crippen molar-refractivity contribution in [1.29, 1.82) is 0 Å². The molecule has 0 aliphatic rings. The summed E-state index contributed by atoms with van der Waals surface area (Å²) in [6.07, 6.45) is 0. The molecule has 0 spiro atoms. The molecule has 0 amide bonds. The van der Waals surface area contributed by atoms with Gasteiger partial charge in [-0.15, -0.1) is 24.8 Å². The van der Waals surface area contributed by atoms with Crippen LogP contribution in [0.3, 0.4) is 0 Å². The van der Waals surface area contributed by atoms with Crippen molar-refractivity contribution >= 4 is 30.8 Å². The minimum absolute atomic E-state index is 0. The zero-order valence-electron chi connectivity index (χ0n) is 16.9. The minimum atomic E-state index is -0.472. The summed E-state index contributed by atoms with van der Waals surface area (Å²) in [7, 11) is 1.42. The summed E-state index contributed by atoms with van der Waals surface area (Å²) in [6, 6.07) is 30.0. The molecular formula is C24H28Cl2N2O2. The molecule has 0 aliphatic heterocycles. The van der Waals surface area contributed by atoms with Crippen LogP contribution in [0.25, 0.3) is 0 Å². The fraction of sp³-hybridized carbons (Fsp3) is 0.208. The van der Waals surface area contributed by atoms with Crippen molar-refractivity contribution in [2.45, 2.75) is 12.1 Å². The molecule has 160 valence electrons. The molecule has 0 radical (unpaired) electrons. The van der Waals surface area contributed by atoms with Gasteiger partial charge in [-0.25, -0.2) is 4.79 Å². The summed E-state index contributed by atoms with van der Waals surface area (Å²) in [5.41, 5.74) is 3.32. The van der Waals surface area contributed by atoms with Crippen molar-refractivity contribution in [3.63, 3.8) is 0 Å². The average Bonchev–Trinajstić information content (AvgIpc) is 2.77. The number of carbonyl (C=O) groups excluding carboxylic acids is 1. The highest BCUT2D eigenvalue weighted by atomic mass is 35.5. The van der Waals surface area contributed by atoms with Crippen molar-refractivity contribution in [3.8, 4) is 0 Å². The molecule has 4 nitrogen and oxygen atoms in total. The van der Waals surface area contributed by atoms with Gasteiger partial charge < -0.3 is 10.1 Å². The van der Waals surface area contributed by atoms with E-state index in [1.165, 1.54) is 18.2 Å². The molecule has 3 aromatic rings. The number of carbonyl (C=O) groups is 1. The van der Waals surface area contributed by atoms with E-state index in [4.69, 9.17) is 4.74 Å². The van der Waals surface area contributed by atoms with Gasteiger partial charge in [0.05, 0.1) is 13.2 Å². The number of benzene rings is 3. The number of ether oxygens (including phenoxy) is 1. The van der Waals surface area contributed by atoms with E-state index in [1.54, 1.807) is 0 Å². The maximum absolute atomic E-state index is 12.2. The Balaban J connectivity index is 0.00000225. The third-order valence-electron chi connectivity index (χ3n) is 4.66. The average molecular weight is 447 g/mol. The van der Waals surface area contributed by atoms with Crippen molar-refractivity contribution in [3.05, 3.63) is 108 Å². The first-order chi connectivity index (χ1) is 13.8. The molecule has 0 fully saturated rings. The van der Waals surface area contributed by atoms with Crippen LogP contribution in [-0.4, -0.2) is 26.2 Å². The van der Waals surface area contributed by atoms with Gasteiger partial charge in [0.25, 0.3) is 0 Å². The zero-order valence-corrected chi connectivity index (χ0v) is 18.5. The fourth-order valence-electron chi connectivity index (χ4n) is 3.25. The van der Waals surface area contributed by atoms with Crippen LogP contribution in [0.5, 0.6) is 0 Å². The van der Waals surface area contributed by atoms with Gasteiger partial charge in [-0.05, 0) is 16.7 Å². The van der Waals surface area contributed by atoms with E-state index in [0.29, 0.717) is 13.1 Å². The van der Waals surface area contributed by atoms with E-state index in [2.05, 4.69) is 34.9 Å². The van der Waals surface area contributed by atoms with Gasteiger partial charge in [-0.3, -0.25) is 5.32 Å². The Bertz CT molecular complexity index is 809. The molecule has 0 aromatic heterocycles. The SMILES string of the molecule is COC(=O)C(NCCNC(c1ccccc1)c1ccccc1)c1ccccc1.Cl.Cl. The minimum Gasteiger partial charge on any atom is -0.468 e. The second kappa shape index (κ2) is 13.8. The van der Waals surface area contributed by atoms with Crippen LogP contribution < -0.4 is 10.6 Å². The Morgan fingerprint density at radius 3 is 1.53 bits per heavy atom. The van der Waals surface area contributed by atoms with Gasteiger partial charge in [-0.2, -0.15) is 0 Å². The molecule has 0 saturated carbocycles. The van der Waals surface area contributed by atoms with E-state index < -0.39 is 6.04 Å². The Labute approximate surface area is 190 Å². The van der Waals surface area contributed by atoms with Gasteiger partial charge in [-0.1, -0.05) is 91.0 Å². The molecule has 3 rings (SSSR count). The predicted octanol–water partition coefficient (Wildman–Crippen LogP) is 4.71. The highest BCUT2D eigenvalue weighted by Crippen LogP contribution is 2.21. The van der Waals surface area contributed by atoms with Crippen molar-refractivity contribution < 1.29 is 9.53 Å². The standard InChI is InChI=1S/C24H26N2O2.2ClH/c1-28-24(27)23(21-15-9-4-10-16-21)26-18-17-25-22(19-11-5-2-6-12-19)20-13-7-3-8-14-20;;/h2-16,22-23,25-26H,17-18H2,1H3;2*1H. The summed E-state index contributed by atoms with van der Waals surface area (Å²) >= 11 is 0. The fourth-order valence-corrected chi connectivity index (χ4v) is 3.25. The lowest BCUT2D eigenvalue weighted by atomic mass is 9.99. The molecule has 1 atom stereocenters. The topological polar surface area (TPSA) is 50.4 Å². The largest absolute Gasteiger partial charge is 0.468 e. The van der Waals surface area contributed by atoms with Crippen molar-refractivity contribution in [2.24, 2.45) is 0 Å². The summed E-state index contributed by atoms with van der Waals surface area (Å²) in [5.74, 6) is -0.283. The lowest BCUT2D eigenvalue weighted by Crippen LogP contribution is -2.36. The molecule has 0 aliphatic carbocycles. The summed E-state index contributed by atoms with van der Waals surface area (Å²) in [6.45, 7) is 1.33. The third kappa shape index (κ3) is 7.15. The van der Waals surface area contributed by atoms with Crippen LogP contribution in [0, 0.1) is 0 Å². The summed E-state index contributed by atoms with van der Waals surface area (Å²) < 4.78 is 4.96. The Hall–Kier alpha value is -2.37. The van der Waals surface area contributed by atoms with Crippen molar-refractivity contribution in [2.75, 3.05) is 20.2 Å². The van der Waals surface area contributed by atoms with Crippen LogP contribution in [0.4, 0.5) is 0 Å². The summed E-state index contributed by atoms with van der Waals surface area (Å²) in [5, 5.41) is 6.91. The number of nitrogens with one attached hydrogen (secondary N) is 2. The number of halogens is 2. The molecule has 30 heavy (non-hydrogen) atoms. The van der Waals surface area contributed by atoms with E-state index in [0.717, 1.165) is 5.56 Å². The number of hydrogen-bond donors (Lipinski definition) is 2. The van der Waals surface area contributed by atoms with E-state index >= 15 is 0 Å². The Morgan fingerprint density at radius 2 is 1.10 bits per heavy atom. The highest BCUT2D eigenvalue weighted by Gasteiger charge is 2.20. The van der Waals surface area contributed by atoms with Gasteiger partial charge in [0.15, 0.2) is 0 Å². The number of rotatable bonds is 9. The first-order valence-corrected chi connectivity index (χ1v) is 9.49. The van der Waals surface area contributed by atoms with E-state index in [9.17, 15) is 4.79 Å². The zero-order chi connectivity index (χ0) is 19.6.